The highest BCUT2D eigenvalue weighted by Crippen LogP contribution is 2.36. The minimum absolute atomic E-state index is 0.280. The van der Waals surface area contributed by atoms with E-state index < -0.39 is 0 Å². The van der Waals surface area contributed by atoms with E-state index >= 15 is 0 Å². The molecule has 1 aromatic heterocycles. The van der Waals surface area contributed by atoms with Gasteiger partial charge in [-0.1, -0.05) is 18.5 Å². The van der Waals surface area contributed by atoms with Crippen molar-refractivity contribution in [2.75, 3.05) is 26.0 Å². The van der Waals surface area contributed by atoms with Crippen LogP contribution in [0, 0.1) is 0 Å². The Labute approximate surface area is 114 Å². The van der Waals surface area contributed by atoms with Crippen molar-refractivity contribution in [3.8, 4) is 0 Å². The van der Waals surface area contributed by atoms with Crippen molar-refractivity contribution in [3.05, 3.63) is 17.0 Å². The number of rotatable bonds is 5. The summed E-state index contributed by atoms with van der Waals surface area (Å²) in [7, 11) is 4.29. The van der Waals surface area contributed by atoms with Gasteiger partial charge in [0.2, 0.25) is 0 Å². The molecule has 0 atom stereocenters. The van der Waals surface area contributed by atoms with E-state index in [-0.39, 0.29) is 5.54 Å². The molecule has 0 radical (unpaired) electrons. The monoisotopic (exact) mass is 268 g/mol. The van der Waals surface area contributed by atoms with Gasteiger partial charge in [-0.25, -0.2) is 9.97 Å². The number of halogens is 1. The Morgan fingerprint density at radius 1 is 1.39 bits per heavy atom. The van der Waals surface area contributed by atoms with Gasteiger partial charge in [-0.2, -0.15) is 0 Å². The lowest BCUT2D eigenvalue weighted by Gasteiger charge is -2.47. The van der Waals surface area contributed by atoms with Crippen molar-refractivity contribution in [3.63, 3.8) is 0 Å². The van der Waals surface area contributed by atoms with Gasteiger partial charge in [0.05, 0.1) is 0 Å². The minimum Gasteiger partial charge on any atom is -0.368 e. The fraction of sp³-hybridized carbons (Fsp3) is 0.692. The second-order valence-electron chi connectivity index (χ2n) is 5.17. The Morgan fingerprint density at radius 2 is 2.11 bits per heavy atom. The third-order valence-electron chi connectivity index (χ3n) is 4.06. The number of anilines is 1. The average molecular weight is 269 g/mol. The molecule has 1 aliphatic carbocycles. The number of hydrogen-bond donors (Lipinski definition) is 1. The predicted molar refractivity (Wildman–Crippen MR) is 75.2 cm³/mol. The molecule has 0 unspecified atom stereocenters. The highest BCUT2D eigenvalue weighted by Gasteiger charge is 2.38. The molecule has 1 aromatic rings. The molecule has 0 bridgehead atoms. The molecule has 1 saturated carbocycles. The Hall–Kier alpha value is -0.870. The number of hydrogen-bond acceptors (Lipinski definition) is 4. The Morgan fingerprint density at radius 3 is 2.61 bits per heavy atom. The van der Waals surface area contributed by atoms with Crippen molar-refractivity contribution in [2.45, 2.75) is 38.1 Å². The number of likely N-dealkylation sites (N-methyl/N-ethyl adjacent to an activating group) is 1. The molecule has 100 valence electrons. The topological polar surface area (TPSA) is 41.1 Å². The maximum absolute atomic E-state index is 6.09. The van der Waals surface area contributed by atoms with Gasteiger partial charge in [0.15, 0.2) is 0 Å². The summed E-state index contributed by atoms with van der Waals surface area (Å²) in [6.45, 7) is 2.99. The fourth-order valence-electron chi connectivity index (χ4n) is 2.47. The number of aromatic nitrogens is 2. The molecule has 0 spiro atoms. The summed E-state index contributed by atoms with van der Waals surface area (Å²) in [6.07, 6.45) is 6.16. The second kappa shape index (κ2) is 5.41. The van der Waals surface area contributed by atoms with E-state index in [1.165, 1.54) is 25.6 Å². The fourth-order valence-corrected chi connectivity index (χ4v) is 2.74. The molecular weight excluding hydrogens is 248 g/mol. The Bertz CT molecular complexity index is 415. The molecule has 0 aliphatic heterocycles. The SMILES string of the molecule is CCc1c(Cl)ncnc1NCC1(N(C)C)CCC1. The van der Waals surface area contributed by atoms with E-state index in [0.29, 0.717) is 5.15 Å². The average Bonchev–Trinajstić information content (AvgIpc) is 2.27. The van der Waals surface area contributed by atoms with Crippen LogP contribution in [0.2, 0.25) is 5.15 Å². The van der Waals surface area contributed by atoms with Gasteiger partial charge in [-0.15, -0.1) is 0 Å². The first-order chi connectivity index (χ1) is 8.59. The van der Waals surface area contributed by atoms with Crippen LogP contribution in [0.25, 0.3) is 0 Å². The molecule has 5 heteroatoms. The van der Waals surface area contributed by atoms with E-state index in [9.17, 15) is 0 Å². The largest absolute Gasteiger partial charge is 0.368 e. The van der Waals surface area contributed by atoms with E-state index in [4.69, 9.17) is 11.6 Å². The van der Waals surface area contributed by atoms with Crippen LogP contribution in [0.4, 0.5) is 5.82 Å². The first-order valence-corrected chi connectivity index (χ1v) is 6.87. The highest BCUT2D eigenvalue weighted by molar-refractivity contribution is 6.30. The van der Waals surface area contributed by atoms with Gasteiger partial charge in [-0.05, 0) is 39.8 Å². The molecule has 0 aromatic carbocycles. The maximum Gasteiger partial charge on any atom is 0.137 e. The van der Waals surface area contributed by atoms with E-state index in [0.717, 1.165) is 24.3 Å². The summed E-state index contributed by atoms with van der Waals surface area (Å²) < 4.78 is 0. The Balaban J connectivity index is 2.08. The van der Waals surface area contributed by atoms with Crippen LogP contribution >= 0.6 is 11.6 Å². The molecule has 1 heterocycles. The van der Waals surface area contributed by atoms with Crippen molar-refractivity contribution >= 4 is 17.4 Å². The zero-order valence-corrected chi connectivity index (χ0v) is 12.1. The second-order valence-corrected chi connectivity index (χ2v) is 5.53. The number of nitrogens with zero attached hydrogens (tertiary/aromatic N) is 3. The van der Waals surface area contributed by atoms with Gasteiger partial charge < -0.3 is 10.2 Å². The van der Waals surface area contributed by atoms with Gasteiger partial charge in [0, 0.05) is 17.6 Å². The number of nitrogens with one attached hydrogen (secondary N) is 1. The van der Waals surface area contributed by atoms with E-state index in [2.05, 4.69) is 41.2 Å². The summed E-state index contributed by atoms with van der Waals surface area (Å²) in [6, 6.07) is 0. The first kappa shape index (κ1) is 13.6. The third-order valence-corrected chi connectivity index (χ3v) is 4.39. The van der Waals surface area contributed by atoms with Crippen LogP contribution in [-0.2, 0) is 6.42 Å². The maximum atomic E-state index is 6.09. The standard InChI is InChI=1S/C13H21ClN4/c1-4-10-11(14)16-9-17-12(10)15-8-13(18(2)3)6-5-7-13/h9H,4-8H2,1-3H3,(H,15,16,17). The van der Waals surface area contributed by atoms with Crippen molar-refractivity contribution < 1.29 is 0 Å². The van der Waals surface area contributed by atoms with Crippen molar-refractivity contribution in [2.24, 2.45) is 0 Å². The summed E-state index contributed by atoms with van der Waals surface area (Å²) in [5, 5.41) is 4.01. The highest BCUT2D eigenvalue weighted by atomic mass is 35.5. The Kier molecular flexibility index (Phi) is 4.07. The zero-order chi connectivity index (χ0) is 13.2. The normalized spacial score (nSPS) is 17.6. The van der Waals surface area contributed by atoms with Gasteiger partial charge >= 0.3 is 0 Å². The molecule has 0 amide bonds. The lowest BCUT2D eigenvalue weighted by atomic mass is 9.75. The lowest BCUT2D eigenvalue weighted by molar-refractivity contribution is 0.0738. The molecule has 2 rings (SSSR count). The lowest BCUT2D eigenvalue weighted by Crippen LogP contribution is -2.54. The van der Waals surface area contributed by atoms with Gasteiger partial charge in [0.1, 0.15) is 17.3 Å². The molecule has 1 fully saturated rings. The van der Waals surface area contributed by atoms with Gasteiger partial charge in [0.25, 0.3) is 0 Å². The van der Waals surface area contributed by atoms with Crippen LogP contribution in [-0.4, -0.2) is 41.0 Å². The molecule has 4 nitrogen and oxygen atoms in total. The van der Waals surface area contributed by atoms with Crippen LogP contribution < -0.4 is 5.32 Å². The predicted octanol–water partition coefficient (Wildman–Crippen LogP) is 2.59. The van der Waals surface area contributed by atoms with Crippen LogP contribution in [0.1, 0.15) is 31.7 Å². The van der Waals surface area contributed by atoms with Crippen molar-refractivity contribution in [1.82, 2.24) is 14.9 Å². The van der Waals surface area contributed by atoms with Crippen LogP contribution in [0.15, 0.2) is 6.33 Å². The summed E-state index contributed by atoms with van der Waals surface area (Å²) in [5.41, 5.74) is 1.29. The van der Waals surface area contributed by atoms with Crippen molar-refractivity contribution in [1.29, 1.82) is 0 Å². The van der Waals surface area contributed by atoms with E-state index in [1.54, 1.807) is 0 Å². The summed E-state index contributed by atoms with van der Waals surface area (Å²) in [5.74, 6) is 0.880. The zero-order valence-electron chi connectivity index (χ0n) is 11.3. The molecule has 0 saturated heterocycles. The van der Waals surface area contributed by atoms with Crippen LogP contribution in [0.3, 0.4) is 0 Å². The smallest absolute Gasteiger partial charge is 0.137 e. The molecule has 18 heavy (non-hydrogen) atoms. The molecule has 1 aliphatic rings. The summed E-state index contributed by atoms with van der Waals surface area (Å²) >= 11 is 6.09. The minimum atomic E-state index is 0.280. The van der Waals surface area contributed by atoms with Crippen LogP contribution in [0.5, 0.6) is 0 Å². The summed E-state index contributed by atoms with van der Waals surface area (Å²) in [4.78, 5) is 10.7. The molecular formula is C13H21ClN4. The first-order valence-electron chi connectivity index (χ1n) is 6.50. The van der Waals surface area contributed by atoms with E-state index in [1.807, 2.05) is 0 Å². The third kappa shape index (κ3) is 2.45. The molecule has 1 N–H and O–H groups in total. The quantitative estimate of drug-likeness (QED) is 0.834. The van der Waals surface area contributed by atoms with Gasteiger partial charge in [-0.3, -0.25) is 0 Å².